The summed E-state index contributed by atoms with van der Waals surface area (Å²) in [5.74, 6) is 0.937. The first-order valence-electron chi connectivity index (χ1n) is 8.46. The number of benzene rings is 1. The van der Waals surface area contributed by atoms with Crippen molar-refractivity contribution in [3.63, 3.8) is 0 Å². The molecule has 23 heavy (non-hydrogen) atoms. The van der Waals surface area contributed by atoms with Gasteiger partial charge in [0.25, 0.3) is 0 Å². The lowest BCUT2D eigenvalue weighted by atomic mass is 9.98. The van der Waals surface area contributed by atoms with Crippen molar-refractivity contribution in [2.24, 2.45) is 0 Å². The smallest absolute Gasteiger partial charge is 0.119 e. The highest BCUT2D eigenvalue weighted by Gasteiger charge is 2.23. The van der Waals surface area contributed by atoms with Crippen molar-refractivity contribution in [2.75, 3.05) is 32.8 Å². The normalized spacial score (nSPS) is 17.4. The van der Waals surface area contributed by atoms with Gasteiger partial charge in [0, 0.05) is 32.0 Å². The van der Waals surface area contributed by atoms with Crippen LogP contribution in [0.2, 0.25) is 0 Å². The van der Waals surface area contributed by atoms with Gasteiger partial charge in [-0.1, -0.05) is 18.2 Å². The summed E-state index contributed by atoms with van der Waals surface area (Å²) in [6.07, 6.45) is 4.99. The molecule has 1 N–H and O–H groups in total. The van der Waals surface area contributed by atoms with Crippen LogP contribution in [0.25, 0.3) is 0 Å². The van der Waals surface area contributed by atoms with Crippen LogP contribution in [0, 0.1) is 0 Å². The fourth-order valence-corrected chi connectivity index (χ4v) is 3.22. The highest BCUT2D eigenvalue weighted by atomic mass is 16.5. The molecule has 4 heteroatoms. The molecule has 1 aromatic carbocycles. The molecule has 1 unspecified atom stereocenters. The van der Waals surface area contributed by atoms with Crippen molar-refractivity contribution in [3.05, 3.63) is 59.9 Å². The Kier molecular flexibility index (Phi) is 5.61. The zero-order valence-electron chi connectivity index (χ0n) is 13.7. The van der Waals surface area contributed by atoms with E-state index in [1.165, 1.54) is 17.5 Å². The van der Waals surface area contributed by atoms with Crippen molar-refractivity contribution < 1.29 is 4.74 Å². The molecule has 1 saturated heterocycles. The van der Waals surface area contributed by atoms with E-state index >= 15 is 0 Å². The molecule has 1 aromatic heterocycles. The molecule has 1 fully saturated rings. The van der Waals surface area contributed by atoms with E-state index in [1.54, 1.807) is 0 Å². The predicted octanol–water partition coefficient (Wildman–Crippen LogP) is 2.87. The molecule has 0 aliphatic carbocycles. The van der Waals surface area contributed by atoms with E-state index in [-0.39, 0.29) is 6.04 Å². The number of hydrogen-bond acceptors (Lipinski definition) is 4. The molecular weight excluding hydrogens is 286 g/mol. The van der Waals surface area contributed by atoms with Crippen LogP contribution in [-0.2, 0) is 0 Å². The second-order valence-electron chi connectivity index (χ2n) is 5.83. The number of aromatic nitrogens is 1. The van der Waals surface area contributed by atoms with E-state index in [0.717, 1.165) is 31.9 Å². The fourth-order valence-electron chi connectivity index (χ4n) is 3.22. The summed E-state index contributed by atoms with van der Waals surface area (Å²) in [6, 6.07) is 12.9. The van der Waals surface area contributed by atoms with Crippen LogP contribution >= 0.6 is 0 Å². The minimum absolute atomic E-state index is 0.226. The predicted molar refractivity (Wildman–Crippen MR) is 92.8 cm³/mol. The second-order valence-corrected chi connectivity index (χ2v) is 5.83. The fraction of sp³-hybridized carbons (Fsp3) is 0.421. The Bertz CT molecular complexity index is 595. The summed E-state index contributed by atoms with van der Waals surface area (Å²) in [5.41, 5.74) is 2.51. The maximum Gasteiger partial charge on any atom is 0.119 e. The molecule has 1 aliphatic rings. The maximum atomic E-state index is 5.70. The molecule has 2 heterocycles. The van der Waals surface area contributed by atoms with Crippen LogP contribution in [0.1, 0.15) is 30.5 Å². The largest absolute Gasteiger partial charge is 0.494 e. The molecule has 0 saturated carbocycles. The molecule has 2 aromatic rings. The Morgan fingerprint density at radius 3 is 2.91 bits per heavy atom. The summed E-state index contributed by atoms with van der Waals surface area (Å²) >= 11 is 0. The van der Waals surface area contributed by atoms with Crippen LogP contribution < -0.4 is 10.1 Å². The Morgan fingerprint density at radius 1 is 1.17 bits per heavy atom. The monoisotopic (exact) mass is 311 g/mol. The Hall–Kier alpha value is -1.91. The average molecular weight is 311 g/mol. The van der Waals surface area contributed by atoms with E-state index < -0.39 is 0 Å². The van der Waals surface area contributed by atoms with Gasteiger partial charge in [-0.2, -0.15) is 0 Å². The van der Waals surface area contributed by atoms with Gasteiger partial charge < -0.3 is 10.1 Å². The third kappa shape index (κ3) is 4.09. The topological polar surface area (TPSA) is 37.4 Å². The van der Waals surface area contributed by atoms with Gasteiger partial charge in [-0.3, -0.25) is 9.88 Å². The van der Waals surface area contributed by atoms with Crippen LogP contribution in [-0.4, -0.2) is 42.7 Å². The summed E-state index contributed by atoms with van der Waals surface area (Å²) in [5, 5.41) is 3.48. The zero-order valence-corrected chi connectivity index (χ0v) is 13.7. The Balaban J connectivity index is 1.95. The van der Waals surface area contributed by atoms with E-state index in [0.29, 0.717) is 6.61 Å². The summed E-state index contributed by atoms with van der Waals surface area (Å²) in [4.78, 5) is 6.88. The van der Waals surface area contributed by atoms with Gasteiger partial charge in [-0.05, 0) is 49.2 Å². The first kappa shape index (κ1) is 16.0. The van der Waals surface area contributed by atoms with Crippen molar-refractivity contribution >= 4 is 0 Å². The number of rotatable bonds is 5. The van der Waals surface area contributed by atoms with Gasteiger partial charge in [-0.15, -0.1) is 0 Å². The highest BCUT2D eigenvalue weighted by molar-refractivity contribution is 5.36. The molecule has 0 amide bonds. The van der Waals surface area contributed by atoms with Crippen LogP contribution in [0.3, 0.4) is 0 Å². The van der Waals surface area contributed by atoms with Gasteiger partial charge in [0.15, 0.2) is 0 Å². The van der Waals surface area contributed by atoms with Gasteiger partial charge >= 0.3 is 0 Å². The molecule has 122 valence electrons. The number of ether oxygens (including phenoxy) is 1. The molecule has 3 rings (SSSR count). The number of nitrogens with zero attached hydrogens (tertiary/aromatic N) is 2. The van der Waals surface area contributed by atoms with Crippen LogP contribution in [0.4, 0.5) is 0 Å². The minimum Gasteiger partial charge on any atom is -0.494 e. The number of pyridine rings is 1. The van der Waals surface area contributed by atoms with Gasteiger partial charge in [0.1, 0.15) is 5.75 Å². The third-order valence-corrected chi connectivity index (χ3v) is 4.22. The first-order chi connectivity index (χ1) is 11.4. The molecular formula is C19H25N3O. The van der Waals surface area contributed by atoms with E-state index in [9.17, 15) is 0 Å². The third-order valence-electron chi connectivity index (χ3n) is 4.22. The molecule has 0 bridgehead atoms. The van der Waals surface area contributed by atoms with Gasteiger partial charge in [-0.25, -0.2) is 0 Å². The van der Waals surface area contributed by atoms with Crippen molar-refractivity contribution in [1.29, 1.82) is 0 Å². The highest BCUT2D eigenvalue weighted by Crippen LogP contribution is 2.30. The molecule has 0 radical (unpaired) electrons. The summed E-state index contributed by atoms with van der Waals surface area (Å²) in [6.45, 7) is 6.96. The standard InChI is InChI=1S/C19H25N3O/c1-2-23-18-8-3-6-16(14-18)19(17-7-4-9-21-15-17)22-12-5-10-20-11-13-22/h3-4,6-9,14-15,19-20H,2,5,10-13H2,1H3. The molecule has 1 aliphatic heterocycles. The SMILES string of the molecule is CCOc1cccc(C(c2cccnc2)N2CCCNCC2)c1. The van der Waals surface area contributed by atoms with Crippen molar-refractivity contribution in [1.82, 2.24) is 15.2 Å². The van der Waals surface area contributed by atoms with Crippen LogP contribution in [0.15, 0.2) is 48.8 Å². The lowest BCUT2D eigenvalue weighted by Crippen LogP contribution is -2.33. The summed E-state index contributed by atoms with van der Waals surface area (Å²) < 4.78 is 5.70. The lowest BCUT2D eigenvalue weighted by molar-refractivity contribution is 0.240. The average Bonchev–Trinajstić information content (AvgIpc) is 2.86. The molecule has 4 nitrogen and oxygen atoms in total. The Labute approximate surface area is 138 Å². The quantitative estimate of drug-likeness (QED) is 0.921. The molecule has 1 atom stereocenters. The van der Waals surface area contributed by atoms with Gasteiger partial charge in [0.2, 0.25) is 0 Å². The van der Waals surface area contributed by atoms with Crippen molar-refractivity contribution in [3.8, 4) is 5.75 Å². The van der Waals surface area contributed by atoms with Gasteiger partial charge in [0.05, 0.1) is 12.6 Å². The van der Waals surface area contributed by atoms with Crippen molar-refractivity contribution in [2.45, 2.75) is 19.4 Å². The number of nitrogens with one attached hydrogen (secondary N) is 1. The molecule has 0 spiro atoms. The summed E-state index contributed by atoms with van der Waals surface area (Å²) in [7, 11) is 0. The number of hydrogen-bond donors (Lipinski definition) is 1. The minimum atomic E-state index is 0.226. The van der Waals surface area contributed by atoms with E-state index in [2.05, 4.69) is 39.5 Å². The van der Waals surface area contributed by atoms with Crippen LogP contribution in [0.5, 0.6) is 5.75 Å². The Morgan fingerprint density at radius 2 is 2.09 bits per heavy atom. The van der Waals surface area contributed by atoms with E-state index in [4.69, 9.17) is 4.74 Å². The first-order valence-corrected chi connectivity index (χ1v) is 8.46. The maximum absolute atomic E-state index is 5.70. The second kappa shape index (κ2) is 8.09. The lowest BCUT2D eigenvalue weighted by Gasteiger charge is -2.31. The van der Waals surface area contributed by atoms with E-state index in [1.807, 2.05) is 31.5 Å². The zero-order chi connectivity index (χ0) is 15.9.